The predicted octanol–water partition coefficient (Wildman–Crippen LogP) is 1.25. The lowest BCUT2D eigenvalue weighted by Gasteiger charge is -2.16. The van der Waals surface area contributed by atoms with E-state index in [0.29, 0.717) is 6.04 Å². The molecule has 1 aromatic rings. The topological polar surface area (TPSA) is 34.1 Å². The third-order valence-corrected chi connectivity index (χ3v) is 2.04. The highest BCUT2D eigenvalue weighted by Gasteiger charge is 2.07. The SMILES string of the molecule is CCNC(COC)Cc1ccccn1. The van der Waals surface area contributed by atoms with Crippen LogP contribution in [0.15, 0.2) is 24.4 Å². The summed E-state index contributed by atoms with van der Waals surface area (Å²) in [6.07, 6.45) is 2.74. The van der Waals surface area contributed by atoms with Crippen LogP contribution in [0, 0.1) is 0 Å². The molecule has 1 rings (SSSR count). The summed E-state index contributed by atoms with van der Waals surface area (Å²) in [5.74, 6) is 0. The minimum atomic E-state index is 0.361. The van der Waals surface area contributed by atoms with Crippen LogP contribution in [0.2, 0.25) is 0 Å². The number of nitrogens with one attached hydrogen (secondary N) is 1. The average molecular weight is 194 g/mol. The second-order valence-electron chi connectivity index (χ2n) is 3.24. The second-order valence-corrected chi connectivity index (χ2v) is 3.24. The predicted molar refractivity (Wildman–Crippen MR) is 57.3 cm³/mol. The number of aromatic nitrogens is 1. The number of hydrogen-bond acceptors (Lipinski definition) is 3. The third-order valence-electron chi connectivity index (χ3n) is 2.04. The summed E-state index contributed by atoms with van der Waals surface area (Å²) in [6, 6.07) is 6.35. The number of rotatable bonds is 6. The fourth-order valence-electron chi connectivity index (χ4n) is 1.45. The van der Waals surface area contributed by atoms with Gasteiger partial charge in [0.1, 0.15) is 0 Å². The van der Waals surface area contributed by atoms with Gasteiger partial charge in [-0.15, -0.1) is 0 Å². The van der Waals surface area contributed by atoms with Gasteiger partial charge < -0.3 is 10.1 Å². The number of methoxy groups -OCH3 is 1. The van der Waals surface area contributed by atoms with E-state index in [9.17, 15) is 0 Å². The molecule has 0 spiro atoms. The lowest BCUT2D eigenvalue weighted by molar-refractivity contribution is 0.166. The summed E-state index contributed by atoms with van der Waals surface area (Å²) < 4.78 is 5.14. The highest BCUT2D eigenvalue weighted by Crippen LogP contribution is 1.99. The summed E-state index contributed by atoms with van der Waals surface area (Å²) in [5, 5.41) is 3.37. The monoisotopic (exact) mass is 194 g/mol. The van der Waals surface area contributed by atoms with E-state index in [4.69, 9.17) is 4.74 Å². The van der Waals surface area contributed by atoms with Gasteiger partial charge in [-0.2, -0.15) is 0 Å². The summed E-state index contributed by atoms with van der Waals surface area (Å²) in [5.41, 5.74) is 1.11. The Balaban J connectivity index is 2.46. The molecular weight excluding hydrogens is 176 g/mol. The molecule has 1 N–H and O–H groups in total. The molecule has 0 saturated carbocycles. The Labute approximate surface area is 85.5 Å². The van der Waals surface area contributed by atoms with E-state index < -0.39 is 0 Å². The number of nitrogens with zero attached hydrogens (tertiary/aromatic N) is 1. The molecule has 3 nitrogen and oxygen atoms in total. The van der Waals surface area contributed by atoms with Gasteiger partial charge in [-0.25, -0.2) is 0 Å². The van der Waals surface area contributed by atoms with Crippen molar-refractivity contribution in [2.24, 2.45) is 0 Å². The summed E-state index contributed by atoms with van der Waals surface area (Å²) in [6.45, 7) is 3.78. The van der Waals surface area contributed by atoms with Crippen LogP contribution in [0.4, 0.5) is 0 Å². The fourth-order valence-corrected chi connectivity index (χ4v) is 1.45. The Kier molecular flexibility index (Phi) is 5.19. The first-order chi connectivity index (χ1) is 6.86. The first-order valence-electron chi connectivity index (χ1n) is 4.99. The van der Waals surface area contributed by atoms with Crippen molar-refractivity contribution in [1.82, 2.24) is 10.3 Å². The van der Waals surface area contributed by atoms with Crippen LogP contribution >= 0.6 is 0 Å². The quantitative estimate of drug-likeness (QED) is 0.740. The van der Waals surface area contributed by atoms with Gasteiger partial charge in [0.15, 0.2) is 0 Å². The molecule has 0 aliphatic carbocycles. The summed E-state index contributed by atoms with van der Waals surface area (Å²) in [4.78, 5) is 4.29. The zero-order valence-electron chi connectivity index (χ0n) is 8.86. The van der Waals surface area contributed by atoms with Crippen molar-refractivity contribution in [2.75, 3.05) is 20.3 Å². The Morgan fingerprint density at radius 2 is 2.36 bits per heavy atom. The van der Waals surface area contributed by atoms with Gasteiger partial charge >= 0.3 is 0 Å². The molecule has 1 aromatic heterocycles. The van der Waals surface area contributed by atoms with Gasteiger partial charge in [-0.05, 0) is 18.7 Å². The lowest BCUT2D eigenvalue weighted by atomic mass is 10.1. The normalized spacial score (nSPS) is 12.7. The minimum absolute atomic E-state index is 0.361. The van der Waals surface area contributed by atoms with Crippen molar-refractivity contribution in [2.45, 2.75) is 19.4 Å². The highest BCUT2D eigenvalue weighted by atomic mass is 16.5. The smallest absolute Gasteiger partial charge is 0.0619 e. The largest absolute Gasteiger partial charge is 0.383 e. The molecule has 0 radical (unpaired) electrons. The van der Waals surface area contributed by atoms with Crippen molar-refractivity contribution in [3.05, 3.63) is 30.1 Å². The van der Waals surface area contributed by atoms with E-state index in [2.05, 4.69) is 17.2 Å². The zero-order chi connectivity index (χ0) is 10.2. The molecular formula is C11H18N2O. The number of ether oxygens (including phenoxy) is 1. The standard InChI is InChI=1S/C11H18N2O/c1-3-12-11(9-14-2)8-10-6-4-5-7-13-10/h4-7,11-12H,3,8-9H2,1-2H3. The first kappa shape index (κ1) is 11.1. The Bertz CT molecular complexity index is 232. The number of hydrogen-bond donors (Lipinski definition) is 1. The van der Waals surface area contributed by atoms with Crippen LogP contribution in [0.5, 0.6) is 0 Å². The van der Waals surface area contributed by atoms with E-state index in [1.165, 1.54) is 0 Å². The van der Waals surface area contributed by atoms with E-state index in [0.717, 1.165) is 25.3 Å². The molecule has 0 saturated heterocycles. The third kappa shape index (κ3) is 3.85. The molecule has 3 heteroatoms. The van der Waals surface area contributed by atoms with E-state index in [1.807, 2.05) is 24.4 Å². The van der Waals surface area contributed by atoms with Gasteiger partial charge in [-0.1, -0.05) is 13.0 Å². The first-order valence-corrected chi connectivity index (χ1v) is 4.99. The Hall–Kier alpha value is -0.930. The van der Waals surface area contributed by atoms with Gasteiger partial charge in [0, 0.05) is 31.5 Å². The summed E-state index contributed by atoms with van der Waals surface area (Å²) in [7, 11) is 1.72. The van der Waals surface area contributed by atoms with Crippen LogP contribution < -0.4 is 5.32 Å². The van der Waals surface area contributed by atoms with Gasteiger partial charge in [0.05, 0.1) is 6.61 Å². The maximum atomic E-state index is 5.14. The maximum absolute atomic E-state index is 5.14. The molecule has 0 fully saturated rings. The van der Waals surface area contributed by atoms with Crippen LogP contribution in [0.3, 0.4) is 0 Å². The molecule has 0 aliphatic heterocycles. The second kappa shape index (κ2) is 6.51. The van der Waals surface area contributed by atoms with Crippen molar-refractivity contribution in [3.63, 3.8) is 0 Å². The van der Waals surface area contributed by atoms with Crippen LogP contribution in [-0.2, 0) is 11.2 Å². The average Bonchev–Trinajstić information content (AvgIpc) is 2.20. The zero-order valence-corrected chi connectivity index (χ0v) is 8.86. The maximum Gasteiger partial charge on any atom is 0.0619 e. The molecule has 1 atom stereocenters. The van der Waals surface area contributed by atoms with Gasteiger partial charge in [-0.3, -0.25) is 4.98 Å². The molecule has 0 aromatic carbocycles. The molecule has 0 bridgehead atoms. The Morgan fingerprint density at radius 1 is 1.50 bits per heavy atom. The van der Waals surface area contributed by atoms with Crippen molar-refractivity contribution < 1.29 is 4.74 Å². The van der Waals surface area contributed by atoms with Crippen LogP contribution in [0.25, 0.3) is 0 Å². The van der Waals surface area contributed by atoms with Crippen LogP contribution in [0.1, 0.15) is 12.6 Å². The fraction of sp³-hybridized carbons (Fsp3) is 0.545. The Morgan fingerprint density at radius 3 is 2.93 bits per heavy atom. The summed E-state index contributed by atoms with van der Waals surface area (Å²) >= 11 is 0. The van der Waals surface area contributed by atoms with Gasteiger partial charge in [0.25, 0.3) is 0 Å². The number of likely N-dealkylation sites (N-methyl/N-ethyl adjacent to an activating group) is 1. The molecule has 78 valence electrons. The molecule has 0 amide bonds. The van der Waals surface area contributed by atoms with Gasteiger partial charge in [0.2, 0.25) is 0 Å². The van der Waals surface area contributed by atoms with Crippen molar-refractivity contribution in [1.29, 1.82) is 0 Å². The van der Waals surface area contributed by atoms with E-state index in [-0.39, 0.29) is 0 Å². The van der Waals surface area contributed by atoms with Crippen molar-refractivity contribution >= 4 is 0 Å². The highest BCUT2D eigenvalue weighted by molar-refractivity contribution is 5.05. The van der Waals surface area contributed by atoms with E-state index in [1.54, 1.807) is 7.11 Å². The van der Waals surface area contributed by atoms with E-state index >= 15 is 0 Å². The molecule has 0 aliphatic rings. The minimum Gasteiger partial charge on any atom is -0.383 e. The van der Waals surface area contributed by atoms with Crippen LogP contribution in [-0.4, -0.2) is 31.3 Å². The lowest BCUT2D eigenvalue weighted by Crippen LogP contribution is -2.35. The van der Waals surface area contributed by atoms with Crippen molar-refractivity contribution in [3.8, 4) is 0 Å². The number of pyridine rings is 1. The molecule has 14 heavy (non-hydrogen) atoms. The molecule has 1 unspecified atom stereocenters. The molecule has 1 heterocycles.